The Labute approximate surface area is 120 Å². The van der Waals surface area contributed by atoms with Gasteiger partial charge in [-0.15, -0.1) is 0 Å². The molecule has 0 fully saturated rings. The first-order chi connectivity index (χ1) is 9.06. The molecule has 1 heterocycles. The minimum atomic E-state index is -0.343. The summed E-state index contributed by atoms with van der Waals surface area (Å²) in [4.78, 5) is 11.7. The zero-order chi connectivity index (χ0) is 13.8. The van der Waals surface area contributed by atoms with Crippen LogP contribution in [0, 0.1) is 6.92 Å². The first-order valence-electron chi connectivity index (χ1n) is 5.42. The lowest BCUT2D eigenvalue weighted by Crippen LogP contribution is -2.07. The standard InChI is InChI=1S/C13H10Cl2N2O2/c1-8-7-12(17-19-8)16-13(18)6-5-9-10(14)3-2-4-11(9)15/h2-7H,1H3,(H,16,17,18)/b6-5+. The van der Waals surface area contributed by atoms with Crippen molar-refractivity contribution in [1.82, 2.24) is 5.16 Å². The van der Waals surface area contributed by atoms with E-state index in [1.807, 2.05) is 0 Å². The zero-order valence-electron chi connectivity index (χ0n) is 9.98. The van der Waals surface area contributed by atoms with Crippen molar-refractivity contribution in [2.45, 2.75) is 6.92 Å². The molecule has 0 bridgehead atoms. The van der Waals surface area contributed by atoms with E-state index in [1.54, 1.807) is 37.3 Å². The molecule has 2 rings (SSSR count). The highest BCUT2D eigenvalue weighted by Crippen LogP contribution is 2.25. The SMILES string of the molecule is Cc1cc(NC(=O)/C=C/c2c(Cl)cccc2Cl)no1. The van der Waals surface area contributed by atoms with Crippen molar-refractivity contribution in [3.05, 3.63) is 51.7 Å². The maximum Gasteiger partial charge on any atom is 0.249 e. The molecular weight excluding hydrogens is 287 g/mol. The number of carbonyl (C=O) groups excluding carboxylic acids is 1. The molecule has 0 saturated carbocycles. The Morgan fingerprint density at radius 3 is 2.63 bits per heavy atom. The van der Waals surface area contributed by atoms with Crippen molar-refractivity contribution in [1.29, 1.82) is 0 Å². The first kappa shape index (κ1) is 13.6. The van der Waals surface area contributed by atoms with E-state index >= 15 is 0 Å². The molecule has 1 amide bonds. The smallest absolute Gasteiger partial charge is 0.249 e. The van der Waals surface area contributed by atoms with Gasteiger partial charge in [-0.25, -0.2) is 0 Å². The van der Waals surface area contributed by atoms with Gasteiger partial charge in [0.15, 0.2) is 5.82 Å². The molecule has 0 radical (unpaired) electrons. The molecule has 1 N–H and O–H groups in total. The van der Waals surface area contributed by atoms with Gasteiger partial charge in [-0.05, 0) is 25.1 Å². The quantitative estimate of drug-likeness (QED) is 0.873. The number of nitrogens with zero attached hydrogens (tertiary/aromatic N) is 1. The van der Waals surface area contributed by atoms with Crippen molar-refractivity contribution >= 4 is 41.0 Å². The largest absolute Gasteiger partial charge is 0.360 e. The van der Waals surface area contributed by atoms with Crippen molar-refractivity contribution in [2.24, 2.45) is 0 Å². The van der Waals surface area contributed by atoms with Crippen molar-refractivity contribution < 1.29 is 9.32 Å². The Hall–Kier alpha value is -1.78. The van der Waals surface area contributed by atoms with Crippen LogP contribution in [0.3, 0.4) is 0 Å². The van der Waals surface area contributed by atoms with Crippen LogP contribution < -0.4 is 5.32 Å². The van der Waals surface area contributed by atoms with E-state index < -0.39 is 0 Å². The van der Waals surface area contributed by atoms with Crippen LogP contribution in [0.25, 0.3) is 6.08 Å². The molecule has 0 spiro atoms. The third-order valence-electron chi connectivity index (χ3n) is 2.28. The summed E-state index contributed by atoms with van der Waals surface area (Å²) in [6.07, 6.45) is 2.88. The number of aromatic nitrogens is 1. The second-order valence-electron chi connectivity index (χ2n) is 3.78. The van der Waals surface area contributed by atoms with Crippen LogP contribution in [0.1, 0.15) is 11.3 Å². The normalized spacial score (nSPS) is 10.9. The predicted octanol–water partition coefficient (Wildman–Crippen LogP) is 3.94. The predicted molar refractivity (Wildman–Crippen MR) is 75.4 cm³/mol. The number of nitrogens with one attached hydrogen (secondary N) is 1. The van der Waals surface area contributed by atoms with Gasteiger partial charge in [0.25, 0.3) is 0 Å². The van der Waals surface area contributed by atoms with E-state index in [-0.39, 0.29) is 5.91 Å². The summed E-state index contributed by atoms with van der Waals surface area (Å²) >= 11 is 12.0. The van der Waals surface area contributed by atoms with Gasteiger partial charge >= 0.3 is 0 Å². The van der Waals surface area contributed by atoms with Crippen LogP contribution in [-0.4, -0.2) is 11.1 Å². The molecule has 1 aromatic carbocycles. The van der Waals surface area contributed by atoms with Gasteiger partial charge in [0.05, 0.1) is 0 Å². The number of aryl methyl sites for hydroxylation is 1. The van der Waals surface area contributed by atoms with E-state index in [1.165, 1.54) is 6.08 Å². The Morgan fingerprint density at radius 2 is 2.05 bits per heavy atom. The van der Waals surface area contributed by atoms with E-state index in [9.17, 15) is 4.79 Å². The summed E-state index contributed by atoms with van der Waals surface area (Å²) in [6.45, 7) is 1.74. The lowest BCUT2D eigenvalue weighted by molar-refractivity contribution is -0.111. The van der Waals surface area contributed by atoms with Gasteiger partial charge in [-0.1, -0.05) is 34.4 Å². The van der Waals surface area contributed by atoms with Gasteiger partial charge in [-0.2, -0.15) is 0 Å². The Morgan fingerprint density at radius 1 is 1.37 bits per heavy atom. The van der Waals surface area contributed by atoms with E-state index in [0.717, 1.165) is 0 Å². The summed E-state index contributed by atoms with van der Waals surface area (Å²) in [7, 11) is 0. The highest BCUT2D eigenvalue weighted by atomic mass is 35.5. The molecule has 0 atom stereocenters. The fourth-order valence-corrected chi connectivity index (χ4v) is 1.95. The minimum Gasteiger partial charge on any atom is -0.360 e. The summed E-state index contributed by atoms with van der Waals surface area (Å²) in [5.41, 5.74) is 0.595. The molecule has 1 aromatic heterocycles. The number of halogens is 2. The molecule has 19 heavy (non-hydrogen) atoms. The molecule has 0 unspecified atom stereocenters. The molecule has 98 valence electrons. The maximum atomic E-state index is 11.7. The molecule has 6 heteroatoms. The lowest BCUT2D eigenvalue weighted by Gasteiger charge is -2.00. The highest BCUT2D eigenvalue weighted by Gasteiger charge is 2.05. The molecule has 0 aliphatic rings. The first-order valence-corrected chi connectivity index (χ1v) is 6.18. The third-order valence-corrected chi connectivity index (χ3v) is 2.94. The topological polar surface area (TPSA) is 55.1 Å². The molecule has 2 aromatic rings. The van der Waals surface area contributed by atoms with Crippen molar-refractivity contribution in [2.75, 3.05) is 5.32 Å². The molecule has 4 nitrogen and oxygen atoms in total. The number of anilines is 1. The van der Waals surface area contributed by atoms with Crippen LogP contribution in [0.2, 0.25) is 10.0 Å². The Bertz CT molecular complexity index is 615. The highest BCUT2D eigenvalue weighted by molar-refractivity contribution is 6.37. The molecule has 0 aliphatic carbocycles. The average molecular weight is 297 g/mol. The maximum absolute atomic E-state index is 11.7. The summed E-state index contributed by atoms with van der Waals surface area (Å²) in [5.74, 6) is 0.634. The van der Waals surface area contributed by atoms with Gasteiger partial charge in [-0.3, -0.25) is 4.79 Å². The van der Waals surface area contributed by atoms with Gasteiger partial charge in [0.2, 0.25) is 5.91 Å². The van der Waals surface area contributed by atoms with Crippen LogP contribution >= 0.6 is 23.2 Å². The molecule has 0 saturated heterocycles. The number of amides is 1. The summed E-state index contributed by atoms with van der Waals surface area (Å²) in [5, 5.41) is 7.17. The zero-order valence-corrected chi connectivity index (χ0v) is 11.5. The minimum absolute atomic E-state index is 0.343. The Kier molecular flexibility index (Phi) is 4.24. The third kappa shape index (κ3) is 3.59. The number of hydrogen-bond acceptors (Lipinski definition) is 3. The fourth-order valence-electron chi connectivity index (χ4n) is 1.42. The second-order valence-corrected chi connectivity index (χ2v) is 4.60. The second kappa shape index (κ2) is 5.91. The summed E-state index contributed by atoms with van der Waals surface area (Å²) in [6, 6.07) is 6.76. The number of hydrogen-bond donors (Lipinski definition) is 1. The van der Waals surface area contributed by atoms with Gasteiger partial charge < -0.3 is 9.84 Å². The Balaban J connectivity index is 2.08. The molecular formula is C13H10Cl2N2O2. The van der Waals surface area contributed by atoms with Crippen LogP contribution in [-0.2, 0) is 4.79 Å². The molecule has 0 aliphatic heterocycles. The van der Waals surface area contributed by atoms with Crippen LogP contribution in [0.4, 0.5) is 5.82 Å². The van der Waals surface area contributed by atoms with Gasteiger partial charge in [0, 0.05) is 27.8 Å². The van der Waals surface area contributed by atoms with E-state index in [2.05, 4.69) is 10.5 Å². The average Bonchev–Trinajstić information content (AvgIpc) is 2.74. The van der Waals surface area contributed by atoms with Crippen LogP contribution in [0.5, 0.6) is 0 Å². The van der Waals surface area contributed by atoms with Crippen molar-refractivity contribution in [3.63, 3.8) is 0 Å². The number of benzene rings is 1. The van der Waals surface area contributed by atoms with Crippen molar-refractivity contribution in [3.8, 4) is 0 Å². The van der Waals surface area contributed by atoms with E-state index in [4.69, 9.17) is 27.7 Å². The van der Waals surface area contributed by atoms with Crippen LogP contribution in [0.15, 0.2) is 34.9 Å². The number of rotatable bonds is 3. The van der Waals surface area contributed by atoms with E-state index in [0.29, 0.717) is 27.2 Å². The summed E-state index contributed by atoms with van der Waals surface area (Å²) < 4.78 is 4.84. The van der Waals surface area contributed by atoms with Gasteiger partial charge in [0.1, 0.15) is 5.76 Å². The monoisotopic (exact) mass is 296 g/mol. The number of carbonyl (C=O) groups is 1. The lowest BCUT2D eigenvalue weighted by atomic mass is 10.2. The fraction of sp³-hybridized carbons (Fsp3) is 0.0769.